The number of hydrogen-bond donors (Lipinski definition) is 2. The fourth-order valence-electron chi connectivity index (χ4n) is 1.39. The van der Waals surface area contributed by atoms with Crippen LogP contribution in [0.1, 0.15) is 6.42 Å². The highest BCUT2D eigenvalue weighted by Gasteiger charge is 2.41. The Labute approximate surface area is 70.3 Å². The van der Waals surface area contributed by atoms with E-state index in [2.05, 4.69) is 10.1 Å². The molecule has 1 rings (SSSR count). The van der Waals surface area contributed by atoms with Crippen molar-refractivity contribution in [3.63, 3.8) is 0 Å². The molecule has 12 heavy (non-hydrogen) atoms. The minimum absolute atomic E-state index is 0.00375. The topological polar surface area (TPSA) is 64.3 Å². The summed E-state index contributed by atoms with van der Waals surface area (Å²) in [7, 11) is 1.43. The predicted octanol–water partition coefficient (Wildman–Crippen LogP) is -0.812. The van der Waals surface area contributed by atoms with Crippen LogP contribution < -0.4 is 11.1 Å². The van der Waals surface area contributed by atoms with Crippen LogP contribution in [0.15, 0.2) is 0 Å². The van der Waals surface area contributed by atoms with Crippen molar-refractivity contribution in [1.29, 1.82) is 0 Å². The summed E-state index contributed by atoms with van der Waals surface area (Å²) in [4.78, 5) is 10.6. The van der Waals surface area contributed by atoms with Gasteiger partial charge in [0, 0.05) is 20.1 Å². The molecule has 1 fully saturated rings. The molecular formula is C7H13FN2O2. The smallest absolute Gasteiger partial charge is 0.234 e. The van der Waals surface area contributed by atoms with Gasteiger partial charge in [-0.2, -0.15) is 0 Å². The molecule has 1 aliphatic heterocycles. The molecular weight excluding hydrogens is 163 g/mol. The van der Waals surface area contributed by atoms with E-state index < -0.39 is 17.6 Å². The zero-order valence-corrected chi connectivity index (χ0v) is 6.97. The summed E-state index contributed by atoms with van der Waals surface area (Å²) >= 11 is 0. The van der Waals surface area contributed by atoms with Crippen LogP contribution in [0.4, 0.5) is 4.39 Å². The van der Waals surface area contributed by atoms with Crippen LogP contribution in [0.25, 0.3) is 0 Å². The van der Waals surface area contributed by atoms with Gasteiger partial charge in [-0.3, -0.25) is 4.79 Å². The molecule has 0 aromatic heterocycles. The molecule has 1 aliphatic rings. The second kappa shape index (κ2) is 3.37. The van der Waals surface area contributed by atoms with Gasteiger partial charge >= 0.3 is 0 Å². The number of nitrogens with two attached hydrogens (primary N) is 1. The minimum atomic E-state index is -1.44. The van der Waals surface area contributed by atoms with Crippen LogP contribution in [0.2, 0.25) is 0 Å². The number of ether oxygens (including phenoxy) is 1. The second-order valence-corrected chi connectivity index (χ2v) is 3.12. The SMILES string of the molecule is COCC1(F)CNC(C(N)=O)C1. The van der Waals surface area contributed by atoms with Gasteiger partial charge in [0.1, 0.15) is 5.67 Å². The number of methoxy groups -OCH3 is 1. The van der Waals surface area contributed by atoms with E-state index >= 15 is 0 Å². The van der Waals surface area contributed by atoms with Gasteiger partial charge in [-0.25, -0.2) is 4.39 Å². The third-order valence-electron chi connectivity index (χ3n) is 1.98. The van der Waals surface area contributed by atoms with Crippen LogP contribution in [0.3, 0.4) is 0 Å². The molecule has 2 atom stereocenters. The fourth-order valence-corrected chi connectivity index (χ4v) is 1.39. The fraction of sp³-hybridized carbons (Fsp3) is 0.857. The summed E-state index contributed by atoms with van der Waals surface area (Å²) in [6.45, 7) is 0.137. The van der Waals surface area contributed by atoms with E-state index in [9.17, 15) is 9.18 Å². The third-order valence-corrected chi connectivity index (χ3v) is 1.98. The Morgan fingerprint density at radius 2 is 2.58 bits per heavy atom. The lowest BCUT2D eigenvalue weighted by Crippen LogP contribution is -2.36. The largest absolute Gasteiger partial charge is 0.381 e. The van der Waals surface area contributed by atoms with E-state index in [1.165, 1.54) is 7.11 Å². The first-order valence-corrected chi connectivity index (χ1v) is 3.78. The Hall–Kier alpha value is -0.680. The first-order chi connectivity index (χ1) is 5.57. The average Bonchev–Trinajstić information content (AvgIpc) is 2.33. The van der Waals surface area contributed by atoms with Gasteiger partial charge in [-0.15, -0.1) is 0 Å². The van der Waals surface area contributed by atoms with Crippen LogP contribution >= 0.6 is 0 Å². The summed E-state index contributed by atoms with van der Waals surface area (Å²) in [5.74, 6) is -0.509. The van der Waals surface area contributed by atoms with Crippen molar-refractivity contribution in [2.75, 3.05) is 20.3 Å². The van der Waals surface area contributed by atoms with Crippen LogP contribution in [0.5, 0.6) is 0 Å². The number of halogens is 1. The molecule has 1 heterocycles. The van der Waals surface area contributed by atoms with Crippen molar-refractivity contribution in [3.05, 3.63) is 0 Å². The Kier molecular flexibility index (Phi) is 2.64. The number of alkyl halides is 1. The molecule has 1 amide bonds. The Morgan fingerprint density at radius 1 is 1.92 bits per heavy atom. The molecule has 70 valence electrons. The number of hydrogen-bond acceptors (Lipinski definition) is 3. The van der Waals surface area contributed by atoms with E-state index in [1.54, 1.807) is 0 Å². The van der Waals surface area contributed by atoms with Gasteiger partial charge in [0.05, 0.1) is 12.6 Å². The van der Waals surface area contributed by atoms with Gasteiger partial charge in [0.25, 0.3) is 0 Å². The van der Waals surface area contributed by atoms with Crippen molar-refractivity contribution in [3.8, 4) is 0 Å². The Bertz CT molecular complexity index is 188. The Morgan fingerprint density at radius 3 is 3.00 bits per heavy atom. The van der Waals surface area contributed by atoms with E-state index in [1.807, 2.05) is 0 Å². The lowest BCUT2D eigenvalue weighted by Gasteiger charge is -2.16. The molecule has 0 aliphatic carbocycles. The van der Waals surface area contributed by atoms with Gasteiger partial charge < -0.3 is 15.8 Å². The van der Waals surface area contributed by atoms with E-state index in [0.29, 0.717) is 0 Å². The highest BCUT2D eigenvalue weighted by atomic mass is 19.1. The summed E-state index contributed by atoms with van der Waals surface area (Å²) in [6.07, 6.45) is 0.107. The molecule has 0 aromatic carbocycles. The van der Waals surface area contributed by atoms with Crippen molar-refractivity contribution < 1.29 is 13.9 Å². The number of nitrogens with one attached hydrogen (secondary N) is 1. The van der Waals surface area contributed by atoms with Crippen molar-refractivity contribution in [2.45, 2.75) is 18.1 Å². The van der Waals surface area contributed by atoms with Crippen molar-refractivity contribution in [1.82, 2.24) is 5.32 Å². The van der Waals surface area contributed by atoms with E-state index in [4.69, 9.17) is 5.73 Å². The molecule has 0 radical (unpaired) electrons. The van der Waals surface area contributed by atoms with Crippen LogP contribution in [0, 0.1) is 0 Å². The minimum Gasteiger partial charge on any atom is -0.381 e. The maximum atomic E-state index is 13.5. The zero-order valence-electron chi connectivity index (χ0n) is 6.97. The van der Waals surface area contributed by atoms with Gasteiger partial charge in [0.2, 0.25) is 5.91 Å². The lowest BCUT2D eigenvalue weighted by atomic mass is 10.0. The maximum absolute atomic E-state index is 13.5. The van der Waals surface area contributed by atoms with Crippen molar-refractivity contribution in [2.24, 2.45) is 5.73 Å². The monoisotopic (exact) mass is 176 g/mol. The quantitative estimate of drug-likeness (QED) is 0.591. The summed E-state index contributed by atoms with van der Waals surface area (Å²) in [5.41, 5.74) is 3.57. The highest BCUT2D eigenvalue weighted by molar-refractivity contribution is 5.80. The van der Waals surface area contributed by atoms with Crippen LogP contribution in [-0.2, 0) is 9.53 Å². The lowest BCUT2D eigenvalue weighted by molar-refractivity contribution is -0.119. The molecule has 0 saturated carbocycles. The van der Waals surface area contributed by atoms with E-state index in [-0.39, 0.29) is 19.6 Å². The van der Waals surface area contributed by atoms with Gasteiger partial charge in [-0.05, 0) is 0 Å². The molecule has 1 saturated heterocycles. The van der Waals surface area contributed by atoms with Crippen LogP contribution in [-0.4, -0.2) is 37.9 Å². The molecule has 0 aromatic rings. The first-order valence-electron chi connectivity index (χ1n) is 3.78. The molecule has 3 N–H and O–H groups in total. The number of primary amides is 1. The number of amides is 1. The second-order valence-electron chi connectivity index (χ2n) is 3.12. The average molecular weight is 176 g/mol. The van der Waals surface area contributed by atoms with E-state index in [0.717, 1.165) is 0 Å². The maximum Gasteiger partial charge on any atom is 0.234 e. The molecule has 4 nitrogen and oxygen atoms in total. The van der Waals surface area contributed by atoms with Gasteiger partial charge in [-0.1, -0.05) is 0 Å². The zero-order chi connectivity index (χ0) is 9.19. The number of rotatable bonds is 3. The Balaban J connectivity index is 2.48. The molecule has 0 spiro atoms. The molecule has 5 heteroatoms. The third kappa shape index (κ3) is 1.92. The van der Waals surface area contributed by atoms with Crippen molar-refractivity contribution >= 4 is 5.91 Å². The highest BCUT2D eigenvalue weighted by Crippen LogP contribution is 2.23. The number of carbonyl (C=O) groups is 1. The summed E-state index contributed by atoms with van der Waals surface area (Å²) < 4.78 is 18.2. The number of carbonyl (C=O) groups excluding carboxylic acids is 1. The standard InChI is InChI=1S/C7H13FN2O2/c1-12-4-7(8)2-5(6(9)11)10-3-7/h5,10H,2-4H2,1H3,(H2,9,11). The predicted molar refractivity (Wildman–Crippen MR) is 41.3 cm³/mol. The summed E-state index contributed by atoms with van der Waals surface area (Å²) in [5, 5.41) is 2.70. The van der Waals surface area contributed by atoms with Gasteiger partial charge in [0.15, 0.2) is 0 Å². The molecule has 0 bridgehead atoms. The first kappa shape index (κ1) is 9.41. The summed E-state index contributed by atoms with van der Waals surface area (Å²) in [6, 6.07) is -0.551. The molecule has 2 unspecified atom stereocenters. The normalized spacial score (nSPS) is 35.3.